The number of imidazole rings is 1. The van der Waals surface area contributed by atoms with Crippen molar-refractivity contribution >= 4 is 27.0 Å². The van der Waals surface area contributed by atoms with E-state index in [0.717, 1.165) is 22.3 Å². The predicted octanol–water partition coefficient (Wildman–Crippen LogP) is 3.55. The lowest BCUT2D eigenvalue weighted by molar-refractivity contribution is 0.0698. The van der Waals surface area contributed by atoms with Gasteiger partial charge in [-0.1, -0.05) is 36.4 Å². The number of aryl methyl sites for hydroxylation is 1. The number of H-pyrrole nitrogens is 1. The number of hydrogen-bond donors (Lipinski definition) is 3. The molecule has 4 aromatic rings. The number of aromatic carboxylic acids is 1. The Labute approximate surface area is 166 Å². The van der Waals surface area contributed by atoms with E-state index < -0.39 is 16.0 Å². The van der Waals surface area contributed by atoms with E-state index in [-0.39, 0.29) is 10.5 Å². The Hall–Kier alpha value is -3.49. The van der Waals surface area contributed by atoms with Crippen LogP contribution in [0.15, 0.2) is 65.6 Å². The van der Waals surface area contributed by atoms with Gasteiger partial charge in [0.25, 0.3) is 0 Å². The highest BCUT2D eigenvalue weighted by atomic mass is 32.2. The van der Waals surface area contributed by atoms with E-state index in [1.165, 1.54) is 12.1 Å². The zero-order valence-corrected chi connectivity index (χ0v) is 16.2. The molecule has 0 atom stereocenters. The Balaban J connectivity index is 1.69. The molecule has 0 amide bonds. The van der Waals surface area contributed by atoms with Gasteiger partial charge in [0.15, 0.2) is 0 Å². The second-order valence-electron chi connectivity index (χ2n) is 6.75. The molecule has 0 fully saturated rings. The topological polar surface area (TPSA) is 126 Å². The summed E-state index contributed by atoms with van der Waals surface area (Å²) in [5.41, 5.74) is 4.63. The van der Waals surface area contributed by atoms with E-state index in [9.17, 15) is 18.3 Å². The van der Waals surface area contributed by atoms with Crippen LogP contribution in [-0.4, -0.2) is 29.5 Å². The van der Waals surface area contributed by atoms with E-state index in [1.807, 2.05) is 37.3 Å². The van der Waals surface area contributed by atoms with Gasteiger partial charge in [-0.15, -0.1) is 0 Å². The van der Waals surface area contributed by atoms with Crippen molar-refractivity contribution in [1.29, 1.82) is 0 Å². The molecule has 1 aromatic heterocycles. The number of rotatable bonds is 4. The first-order chi connectivity index (χ1) is 13.7. The third-order valence-electron chi connectivity index (χ3n) is 4.64. The largest absolute Gasteiger partial charge is 0.478 e. The third kappa shape index (κ3) is 3.63. The Bertz CT molecular complexity index is 1340. The minimum absolute atomic E-state index is 0.0599. The standard InChI is InChI=1S/C21H17N3O4S/c1-12-10-17(21(25)26)19-18(11-12)23-20(24-19)15-4-2-13(3-5-15)14-6-8-16(9-7-14)29(22,27)28/h2-11H,1H3,(H,23,24)(H,25,26)(H2,22,27,28). The van der Waals surface area contributed by atoms with Crippen LogP contribution < -0.4 is 5.14 Å². The molecule has 0 saturated carbocycles. The number of benzene rings is 3. The van der Waals surface area contributed by atoms with Crippen LogP contribution in [0.2, 0.25) is 0 Å². The lowest BCUT2D eigenvalue weighted by Crippen LogP contribution is -2.11. The second-order valence-corrected chi connectivity index (χ2v) is 8.31. The van der Waals surface area contributed by atoms with Crippen LogP contribution in [0.1, 0.15) is 15.9 Å². The van der Waals surface area contributed by atoms with Gasteiger partial charge in [0.2, 0.25) is 10.0 Å². The monoisotopic (exact) mass is 407 g/mol. The normalized spacial score (nSPS) is 11.7. The number of nitrogens with zero attached hydrogens (tertiary/aromatic N) is 1. The van der Waals surface area contributed by atoms with Crippen molar-refractivity contribution in [1.82, 2.24) is 9.97 Å². The fraction of sp³-hybridized carbons (Fsp3) is 0.0476. The SMILES string of the molecule is Cc1cc(C(=O)O)c2nc(-c3ccc(-c4ccc(S(N)(=O)=O)cc4)cc3)[nH]c2c1. The molecule has 0 spiro atoms. The molecule has 0 aliphatic rings. The van der Waals surface area contributed by atoms with Crippen LogP contribution >= 0.6 is 0 Å². The first-order valence-electron chi connectivity index (χ1n) is 8.70. The first-order valence-corrected chi connectivity index (χ1v) is 10.2. The minimum Gasteiger partial charge on any atom is -0.478 e. The van der Waals surface area contributed by atoms with Gasteiger partial charge in [0, 0.05) is 5.56 Å². The zero-order valence-electron chi connectivity index (χ0n) is 15.4. The highest BCUT2D eigenvalue weighted by Crippen LogP contribution is 2.27. The summed E-state index contributed by atoms with van der Waals surface area (Å²) >= 11 is 0. The van der Waals surface area contributed by atoms with Gasteiger partial charge in [0.1, 0.15) is 11.3 Å². The molecule has 7 nitrogen and oxygen atoms in total. The summed E-state index contributed by atoms with van der Waals surface area (Å²) < 4.78 is 22.7. The lowest BCUT2D eigenvalue weighted by Gasteiger charge is -2.04. The summed E-state index contributed by atoms with van der Waals surface area (Å²) in [6.45, 7) is 1.84. The number of hydrogen-bond acceptors (Lipinski definition) is 4. The number of primary sulfonamides is 1. The van der Waals surface area contributed by atoms with Crippen molar-refractivity contribution < 1.29 is 18.3 Å². The average molecular weight is 407 g/mol. The smallest absolute Gasteiger partial charge is 0.337 e. The Kier molecular flexibility index (Phi) is 4.45. The van der Waals surface area contributed by atoms with Gasteiger partial charge >= 0.3 is 5.97 Å². The molecule has 0 radical (unpaired) electrons. The predicted molar refractivity (Wildman–Crippen MR) is 110 cm³/mol. The van der Waals surface area contributed by atoms with Gasteiger partial charge in [-0.2, -0.15) is 0 Å². The maximum atomic E-state index is 11.5. The summed E-state index contributed by atoms with van der Waals surface area (Å²) in [6.07, 6.45) is 0. The van der Waals surface area contributed by atoms with Gasteiger partial charge < -0.3 is 10.1 Å². The van der Waals surface area contributed by atoms with Crippen molar-refractivity contribution in [3.8, 4) is 22.5 Å². The molecule has 146 valence electrons. The summed E-state index contributed by atoms with van der Waals surface area (Å²) in [5.74, 6) is -0.445. The fourth-order valence-corrected chi connectivity index (χ4v) is 3.73. The Morgan fingerprint density at radius 2 is 1.52 bits per heavy atom. The first kappa shape index (κ1) is 18.9. The molecular weight excluding hydrogens is 390 g/mol. The van der Waals surface area contributed by atoms with Crippen molar-refractivity contribution in [3.63, 3.8) is 0 Å². The molecule has 0 bridgehead atoms. The number of nitrogens with two attached hydrogens (primary N) is 1. The highest BCUT2D eigenvalue weighted by Gasteiger charge is 2.15. The second kappa shape index (κ2) is 6.84. The average Bonchev–Trinajstić information content (AvgIpc) is 3.10. The van der Waals surface area contributed by atoms with Crippen molar-refractivity contribution in [3.05, 3.63) is 71.8 Å². The van der Waals surface area contributed by atoms with Crippen molar-refractivity contribution in [2.45, 2.75) is 11.8 Å². The minimum atomic E-state index is -3.72. The number of aromatic nitrogens is 2. The molecule has 3 aromatic carbocycles. The number of nitrogens with one attached hydrogen (secondary N) is 1. The van der Waals surface area contributed by atoms with Crippen molar-refractivity contribution in [2.24, 2.45) is 5.14 Å². The highest BCUT2D eigenvalue weighted by molar-refractivity contribution is 7.89. The number of carbonyl (C=O) groups is 1. The van der Waals surface area contributed by atoms with Crippen LogP contribution in [0, 0.1) is 6.92 Å². The van der Waals surface area contributed by atoms with Crippen LogP contribution in [0.25, 0.3) is 33.5 Å². The maximum Gasteiger partial charge on any atom is 0.337 e. The Morgan fingerprint density at radius 1 is 0.966 bits per heavy atom. The number of carboxylic acid groups (broad SMARTS) is 1. The molecule has 1 heterocycles. The lowest BCUT2D eigenvalue weighted by atomic mass is 10.0. The molecule has 29 heavy (non-hydrogen) atoms. The van der Waals surface area contributed by atoms with Gasteiger partial charge in [0.05, 0.1) is 16.0 Å². The van der Waals surface area contributed by atoms with E-state index in [0.29, 0.717) is 16.9 Å². The summed E-state index contributed by atoms with van der Waals surface area (Å²) in [6, 6.07) is 17.3. The molecule has 0 unspecified atom stereocenters. The fourth-order valence-electron chi connectivity index (χ4n) is 3.22. The van der Waals surface area contributed by atoms with Gasteiger partial charge in [-0.25, -0.2) is 23.3 Å². The van der Waals surface area contributed by atoms with E-state index in [2.05, 4.69) is 9.97 Å². The number of fused-ring (bicyclic) bond motifs is 1. The number of carboxylic acids is 1. The van der Waals surface area contributed by atoms with Crippen LogP contribution in [0.3, 0.4) is 0 Å². The summed E-state index contributed by atoms with van der Waals surface area (Å²) in [5, 5.41) is 14.5. The van der Waals surface area contributed by atoms with Gasteiger partial charge in [-0.05, 0) is 47.9 Å². The molecule has 0 saturated heterocycles. The van der Waals surface area contributed by atoms with E-state index in [1.54, 1.807) is 18.2 Å². The van der Waals surface area contributed by atoms with E-state index in [4.69, 9.17) is 5.14 Å². The maximum absolute atomic E-state index is 11.5. The molecule has 0 aliphatic heterocycles. The van der Waals surface area contributed by atoms with Crippen LogP contribution in [0.4, 0.5) is 0 Å². The zero-order chi connectivity index (χ0) is 20.8. The molecular formula is C21H17N3O4S. The number of aromatic amines is 1. The van der Waals surface area contributed by atoms with Crippen LogP contribution in [-0.2, 0) is 10.0 Å². The summed E-state index contributed by atoms with van der Waals surface area (Å²) in [7, 11) is -3.72. The molecule has 4 rings (SSSR count). The number of sulfonamides is 1. The third-order valence-corrected chi connectivity index (χ3v) is 5.57. The quantitative estimate of drug-likeness (QED) is 0.477. The van der Waals surface area contributed by atoms with Crippen molar-refractivity contribution in [2.75, 3.05) is 0 Å². The molecule has 0 aliphatic carbocycles. The van der Waals surface area contributed by atoms with Gasteiger partial charge in [-0.3, -0.25) is 0 Å². The van der Waals surface area contributed by atoms with E-state index >= 15 is 0 Å². The molecule has 4 N–H and O–H groups in total. The molecule has 8 heteroatoms. The Morgan fingerprint density at radius 3 is 2.07 bits per heavy atom. The summed E-state index contributed by atoms with van der Waals surface area (Å²) in [4.78, 5) is 19.2. The van der Waals surface area contributed by atoms with Crippen LogP contribution in [0.5, 0.6) is 0 Å².